The van der Waals surface area contributed by atoms with Gasteiger partial charge in [-0.15, -0.1) is 0 Å². The van der Waals surface area contributed by atoms with E-state index in [1.165, 1.54) is 12.1 Å². The zero-order valence-corrected chi connectivity index (χ0v) is 29.9. The molecule has 280 valence electrons. The molecule has 1 N–H and O–H groups in total. The Morgan fingerprint density at radius 3 is 2.33 bits per heavy atom. The average Bonchev–Trinajstić information content (AvgIpc) is 3.43. The van der Waals surface area contributed by atoms with E-state index >= 15 is 0 Å². The number of ether oxygens (including phenoxy) is 9. The van der Waals surface area contributed by atoms with Crippen molar-refractivity contribution in [2.75, 3.05) is 13.2 Å². The molecular weight excluding hydrogens is 666 g/mol. The Labute approximate surface area is 297 Å². The molecule has 51 heavy (non-hydrogen) atoms. The number of unbranched alkanes of at least 4 members (excludes halogenated alkanes) is 1. The first-order valence-corrected chi connectivity index (χ1v) is 17.6. The number of esters is 1. The van der Waals surface area contributed by atoms with Crippen LogP contribution in [-0.2, 0) is 53.8 Å². The number of aliphatic hydroxyl groups excluding tert-OH is 1. The van der Waals surface area contributed by atoms with Crippen LogP contribution in [0, 0.1) is 15.5 Å². The number of non-ortho nitro benzene ring substituents is 1. The normalized spacial score (nSPS) is 34.7. The third kappa shape index (κ3) is 8.78. The van der Waals surface area contributed by atoms with E-state index in [1.807, 2.05) is 30.3 Å². The van der Waals surface area contributed by atoms with Crippen molar-refractivity contribution in [2.24, 2.45) is 5.41 Å². The van der Waals surface area contributed by atoms with Crippen LogP contribution in [0.25, 0.3) is 0 Å². The molecule has 4 fully saturated rings. The van der Waals surface area contributed by atoms with Gasteiger partial charge in [-0.05, 0) is 66.4 Å². The Morgan fingerprint density at radius 2 is 1.65 bits per heavy atom. The molecule has 2 aromatic rings. The summed E-state index contributed by atoms with van der Waals surface area (Å²) in [5.41, 5.74) is 0.948. The topological polar surface area (TPSA) is 164 Å². The molecule has 0 spiro atoms. The fourth-order valence-corrected chi connectivity index (χ4v) is 6.65. The zero-order valence-electron chi connectivity index (χ0n) is 29.9. The number of carbonyl (C=O) groups is 1. The van der Waals surface area contributed by atoms with Crippen LogP contribution in [0.3, 0.4) is 0 Å². The largest absolute Gasteiger partial charge is 0.454 e. The number of hydrogen-bond acceptors (Lipinski definition) is 13. The Morgan fingerprint density at radius 1 is 0.941 bits per heavy atom. The van der Waals surface area contributed by atoms with E-state index in [0.717, 1.165) is 17.5 Å². The van der Waals surface area contributed by atoms with E-state index in [9.17, 15) is 20.0 Å². The van der Waals surface area contributed by atoms with Gasteiger partial charge < -0.3 is 47.7 Å². The number of nitro groups is 1. The number of rotatable bonds is 11. The van der Waals surface area contributed by atoms with Crippen LogP contribution >= 0.6 is 0 Å². The molecule has 4 heterocycles. The van der Waals surface area contributed by atoms with Crippen molar-refractivity contribution in [1.29, 1.82) is 0 Å². The highest BCUT2D eigenvalue weighted by atomic mass is 16.8. The number of nitrogens with zero attached hydrogens (tertiary/aromatic N) is 1. The molecule has 4 aliphatic rings. The van der Waals surface area contributed by atoms with Crippen molar-refractivity contribution in [3.05, 3.63) is 75.8 Å². The van der Waals surface area contributed by atoms with Gasteiger partial charge in [0.15, 0.2) is 30.8 Å². The monoisotopic (exact) mass is 715 g/mol. The zero-order chi connectivity index (χ0) is 36.5. The van der Waals surface area contributed by atoms with E-state index < -0.39 is 89.8 Å². The van der Waals surface area contributed by atoms with Crippen LogP contribution in [0.5, 0.6) is 0 Å². The molecule has 0 aliphatic carbocycles. The summed E-state index contributed by atoms with van der Waals surface area (Å²) in [4.78, 5) is 24.1. The van der Waals surface area contributed by atoms with Gasteiger partial charge in [0.05, 0.1) is 23.0 Å². The van der Waals surface area contributed by atoms with Crippen LogP contribution < -0.4 is 0 Å². The minimum Gasteiger partial charge on any atom is -0.454 e. The van der Waals surface area contributed by atoms with Gasteiger partial charge in [-0.2, -0.15) is 0 Å². The minimum atomic E-state index is -1.10. The van der Waals surface area contributed by atoms with Gasteiger partial charge in [0.2, 0.25) is 0 Å². The van der Waals surface area contributed by atoms with Crippen molar-refractivity contribution in [3.63, 3.8) is 0 Å². The number of nitro benzene ring substituents is 1. The molecule has 14 heteroatoms. The molecule has 4 saturated heterocycles. The van der Waals surface area contributed by atoms with Gasteiger partial charge in [0.1, 0.15) is 36.6 Å². The summed E-state index contributed by atoms with van der Waals surface area (Å²) in [7, 11) is 0. The van der Waals surface area contributed by atoms with Crippen LogP contribution in [-0.4, -0.2) is 96.4 Å². The summed E-state index contributed by atoms with van der Waals surface area (Å²) >= 11 is 0. The average molecular weight is 716 g/mol. The van der Waals surface area contributed by atoms with E-state index in [1.54, 1.807) is 53.7 Å². The number of fused-ring (bicyclic) bond motifs is 2. The third-order valence-corrected chi connectivity index (χ3v) is 9.39. The van der Waals surface area contributed by atoms with E-state index in [-0.39, 0.29) is 18.9 Å². The maximum absolute atomic E-state index is 13.5. The summed E-state index contributed by atoms with van der Waals surface area (Å²) in [6, 6.07) is 16.0. The number of hydrogen-bond donors (Lipinski definition) is 1. The number of benzene rings is 2. The Hall–Kier alpha value is -3.05. The fraction of sp³-hybridized carbons (Fsp3) is 0.649. The molecule has 14 nitrogen and oxygen atoms in total. The first-order chi connectivity index (χ1) is 24.2. The van der Waals surface area contributed by atoms with Crippen LogP contribution in [0.1, 0.15) is 71.8 Å². The van der Waals surface area contributed by atoms with Crippen molar-refractivity contribution >= 4 is 11.7 Å². The van der Waals surface area contributed by atoms with Gasteiger partial charge in [-0.3, -0.25) is 14.9 Å². The first kappa shape index (κ1) is 37.7. The smallest absolute Gasteiger partial charge is 0.311 e. The van der Waals surface area contributed by atoms with E-state index in [4.69, 9.17) is 42.6 Å². The first-order valence-electron chi connectivity index (χ1n) is 17.6. The Kier molecular flexibility index (Phi) is 11.5. The second-order valence-corrected chi connectivity index (χ2v) is 15.0. The molecule has 1 unspecified atom stereocenters. The maximum atomic E-state index is 13.5. The van der Waals surface area contributed by atoms with Gasteiger partial charge in [-0.25, -0.2) is 0 Å². The molecule has 11 atom stereocenters. The van der Waals surface area contributed by atoms with Gasteiger partial charge in [0.25, 0.3) is 5.69 Å². The Bertz CT molecular complexity index is 1480. The maximum Gasteiger partial charge on any atom is 0.311 e. The van der Waals surface area contributed by atoms with Gasteiger partial charge in [0, 0.05) is 24.3 Å². The summed E-state index contributed by atoms with van der Waals surface area (Å²) in [6.45, 7) is 10.9. The lowest BCUT2D eigenvalue weighted by Crippen LogP contribution is -2.66. The standard InChI is InChI=1S/C37H49NO13/c1-21-26(39)28-31(51-37(5,6)50-28)34(45-21)48-29-27-25(20-44-32(47-27)23-13-8-7-9-14-23)46-33(30(29)49-35(40)36(2,3)4)43-19-11-10-12-22-15-17-24(18-16-22)38(41)42/h7-9,13-18,21,25-34,39H,10-12,19-20H2,1-6H3/t21-,25+,26-,27-,28+,29-,30+,31+,32?,33+,34-/m0/s1. The Balaban J connectivity index is 1.24. The van der Waals surface area contributed by atoms with Crippen molar-refractivity contribution in [1.82, 2.24) is 0 Å². The lowest BCUT2D eigenvalue weighted by atomic mass is 9.94. The van der Waals surface area contributed by atoms with Crippen LogP contribution in [0.4, 0.5) is 5.69 Å². The quantitative estimate of drug-likeness (QED) is 0.147. The number of aliphatic hydroxyl groups is 1. The van der Waals surface area contributed by atoms with Crippen molar-refractivity contribution in [2.45, 2.75) is 134 Å². The lowest BCUT2D eigenvalue weighted by Gasteiger charge is -2.50. The van der Waals surface area contributed by atoms with Crippen molar-refractivity contribution in [3.8, 4) is 0 Å². The molecule has 0 amide bonds. The summed E-state index contributed by atoms with van der Waals surface area (Å²) in [5.74, 6) is -1.50. The minimum absolute atomic E-state index is 0.0451. The molecular formula is C37H49NO13. The summed E-state index contributed by atoms with van der Waals surface area (Å²) in [5, 5.41) is 21.9. The molecule has 0 saturated carbocycles. The highest BCUT2D eigenvalue weighted by molar-refractivity contribution is 5.75. The van der Waals surface area contributed by atoms with Gasteiger partial charge >= 0.3 is 5.97 Å². The van der Waals surface area contributed by atoms with Crippen LogP contribution in [0.15, 0.2) is 54.6 Å². The molecule has 4 aliphatic heterocycles. The van der Waals surface area contributed by atoms with E-state index in [2.05, 4.69) is 0 Å². The SMILES string of the molecule is C[C@@H]1O[C@@H](O[C@H]2[C@H]3OC(c4ccccc4)OC[C@H]3O[C@@H](OCCCCc3ccc([N+](=O)[O-])cc3)[C@@H]2OC(=O)C(C)(C)C)[C@@H]2OC(C)(C)O[C@@H]2[C@H]1O. The molecule has 2 aromatic carbocycles. The van der Waals surface area contributed by atoms with Crippen LogP contribution in [0.2, 0.25) is 0 Å². The second-order valence-electron chi connectivity index (χ2n) is 15.0. The summed E-state index contributed by atoms with van der Waals surface area (Å²) in [6.07, 6.45) is -7.43. The third-order valence-electron chi connectivity index (χ3n) is 9.39. The molecule has 0 bridgehead atoms. The molecule has 6 rings (SSSR count). The highest BCUT2D eigenvalue weighted by Crippen LogP contribution is 2.42. The van der Waals surface area contributed by atoms with Crippen molar-refractivity contribution < 1.29 is 57.5 Å². The molecule has 0 radical (unpaired) electrons. The fourth-order valence-electron chi connectivity index (χ4n) is 6.65. The predicted octanol–water partition coefficient (Wildman–Crippen LogP) is 4.74. The second kappa shape index (κ2) is 15.5. The summed E-state index contributed by atoms with van der Waals surface area (Å²) < 4.78 is 56.9. The number of aryl methyl sites for hydroxylation is 1. The lowest BCUT2D eigenvalue weighted by molar-refractivity contribution is -0.389. The predicted molar refractivity (Wildman–Crippen MR) is 179 cm³/mol. The van der Waals surface area contributed by atoms with E-state index in [0.29, 0.717) is 12.8 Å². The van der Waals surface area contributed by atoms with Gasteiger partial charge in [-0.1, -0.05) is 42.5 Å². The molecule has 0 aromatic heterocycles. The number of carbonyl (C=O) groups excluding carboxylic acids is 1. The highest BCUT2D eigenvalue weighted by Gasteiger charge is 2.59.